The zero-order chi connectivity index (χ0) is 7.28. The molecule has 0 amide bonds. The number of aliphatic hydroxyl groups is 1. The van der Waals surface area contributed by atoms with E-state index >= 15 is 0 Å². The van der Waals surface area contributed by atoms with E-state index < -0.39 is 6.04 Å². The lowest BCUT2D eigenvalue weighted by atomic mass is 10.4. The molecule has 0 spiro atoms. The lowest BCUT2D eigenvalue weighted by molar-refractivity contribution is -0.141. The van der Waals surface area contributed by atoms with Crippen LogP contribution in [-0.4, -0.2) is 30.3 Å². The lowest BCUT2D eigenvalue weighted by Gasteiger charge is -2.06. The minimum absolute atomic E-state index is 0. The first-order valence-electron chi connectivity index (χ1n) is 2.66. The Morgan fingerprint density at radius 1 is 1.80 bits per heavy atom. The summed E-state index contributed by atoms with van der Waals surface area (Å²) in [5, 5.41) is 8.33. The Morgan fingerprint density at radius 2 is 2.30 bits per heavy atom. The van der Waals surface area contributed by atoms with Gasteiger partial charge in [-0.3, -0.25) is 4.79 Å². The molecule has 0 heterocycles. The van der Waals surface area contributed by atoms with E-state index in [4.69, 9.17) is 10.8 Å². The second-order valence-electron chi connectivity index (χ2n) is 1.75. The van der Waals surface area contributed by atoms with Gasteiger partial charge in [0.15, 0.2) is 0 Å². The van der Waals surface area contributed by atoms with Crippen molar-refractivity contribution in [3.63, 3.8) is 0 Å². The summed E-state index contributed by atoms with van der Waals surface area (Å²) in [5.41, 5.74) is 5.19. The molecule has 0 aromatic rings. The summed E-state index contributed by atoms with van der Waals surface area (Å²) in [6.45, 7) is 1.23. The summed E-state index contributed by atoms with van der Waals surface area (Å²) < 4.78 is 4.47. The number of nitrogens with two attached hydrogens (primary N) is 1. The number of hydrogen-bond acceptors (Lipinski definition) is 4. The lowest BCUT2D eigenvalue weighted by Crippen LogP contribution is -2.30. The summed E-state index contributed by atoms with van der Waals surface area (Å²) in [6, 6.07) is -0.450. The summed E-state index contributed by atoms with van der Waals surface area (Å²) in [7, 11) is 0. The fourth-order valence-electron chi connectivity index (χ4n) is 0.277. The van der Waals surface area contributed by atoms with Crippen molar-refractivity contribution in [1.29, 1.82) is 0 Å². The number of esters is 1. The molecule has 1 atom stereocenters. The smallest absolute Gasteiger partial charge is 0.302 e. The Bertz CT molecular complexity index is 98.9. The molecule has 0 fully saturated rings. The summed E-state index contributed by atoms with van der Waals surface area (Å²) >= 11 is 0. The highest BCUT2D eigenvalue weighted by Crippen LogP contribution is 1.80. The quantitative estimate of drug-likeness (QED) is 0.548. The van der Waals surface area contributed by atoms with E-state index in [1.54, 1.807) is 0 Å². The minimum Gasteiger partial charge on any atom is -0.464 e. The van der Waals surface area contributed by atoms with Crippen molar-refractivity contribution < 1.29 is 14.6 Å². The number of halogens is 1. The highest BCUT2D eigenvalue weighted by molar-refractivity contribution is 5.85. The van der Waals surface area contributed by atoms with Crippen LogP contribution >= 0.6 is 12.4 Å². The van der Waals surface area contributed by atoms with Crippen molar-refractivity contribution in [3.05, 3.63) is 0 Å². The number of hydrogen-bond donors (Lipinski definition) is 2. The molecule has 0 rings (SSSR count). The molecule has 0 aliphatic heterocycles. The average Bonchev–Trinajstić information content (AvgIpc) is 1.83. The topological polar surface area (TPSA) is 72.5 Å². The first-order valence-corrected chi connectivity index (χ1v) is 2.66. The third-order valence-electron chi connectivity index (χ3n) is 0.735. The van der Waals surface area contributed by atoms with Gasteiger partial charge < -0.3 is 15.6 Å². The normalized spacial score (nSPS) is 11.5. The van der Waals surface area contributed by atoms with E-state index in [-0.39, 0.29) is 31.6 Å². The summed E-state index contributed by atoms with van der Waals surface area (Å²) in [6.07, 6.45) is 0. The van der Waals surface area contributed by atoms with Crippen molar-refractivity contribution >= 4 is 18.4 Å². The van der Waals surface area contributed by atoms with Crippen molar-refractivity contribution in [1.82, 2.24) is 0 Å². The highest BCUT2D eigenvalue weighted by Gasteiger charge is 2.00. The number of rotatable bonds is 3. The van der Waals surface area contributed by atoms with Crippen molar-refractivity contribution in [3.8, 4) is 0 Å². The Hall–Kier alpha value is -0.320. The monoisotopic (exact) mass is 169 g/mol. The van der Waals surface area contributed by atoms with Gasteiger partial charge in [0.25, 0.3) is 0 Å². The first-order chi connectivity index (χ1) is 4.16. The maximum Gasteiger partial charge on any atom is 0.302 e. The number of carbonyl (C=O) groups is 1. The largest absolute Gasteiger partial charge is 0.464 e. The molecule has 0 bridgehead atoms. The molecule has 0 radical (unpaired) electrons. The van der Waals surface area contributed by atoms with Gasteiger partial charge in [-0.25, -0.2) is 0 Å². The molecule has 0 aliphatic carbocycles. The SMILES string of the molecule is CC(=O)OCC(N)CO.Cl. The van der Waals surface area contributed by atoms with E-state index in [2.05, 4.69) is 4.74 Å². The highest BCUT2D eigenvalue weighted by atomic mass is 35.5. The van der Waals surface area contributed by atoms with Crippen molar-refractivity contribution in [2.75, 3.05) is 13.2 Å². The van der Waals surface area contributed by atoms with Crippen LogP contribution in [0.2, 0.25) is 0 Å². The maximum atomic E-state index is 10.1. The third kappa shape index (κ3) is 7.68. The zero-order valence-corrected chi connectivity index (χ0v) is 6.56. The van der Waals surface area contributed by atoms with Crippen molar-refractivity contribution in [2.45, 2.75) is 13.0 Å². The standard InChI is InChI=1S/C5H11NO3.ClH/c1-4(8)9-3-5(6)2-7;/h5,7H,2-3,6H2,1H3;1H. The Balaban J connectivity index is 0. The van der Waals surface area contributed by atoms with Crippen LogP contribution in [0.5, 0.6) is 0 Å². The van der Waals surface area contributed by atoms with Gasteiger partial charge in [-0.05, 0) is 0 Å². The molecule has 1 unspecified atom stereocenters. The Kier molecular flexibility index (Phi) is 8.40. The van der Waals surface area contributed by atoms with Crippen LogP contribution in [0.15, 0.2) is 0 Å². The molecule has 0 aromatic heterocycles. The molecule has 5 heteroatoms. The van der Waals surface area contributed by atoms with Crippen LogP contribution in [0.25, 0.3) is 0 Å². The molecule has 4 nitrogen and oxygen atoms in total. The predicted octanol–water partition coefficient (Wildman–Crippen LogP) is -0.709. The molecule has 0 aliphatic rings. The van der Waals surface area contributed by atoms with Crippen LogP contribution in [-0.2, 0) is 9.53 Å². The maximum absolute atomic E-state index is 10.1. The molecule has 0 aromatic carbocycles. The van der Waals surface area contributed by atoms with Crippen LogP contribution in [0.3, 0.4) is 0 Å². The predicted molar refractivity (Wildman–Crippen MR) is 38.9 cm³/mol. The van der Waals surface area contributed by atoms with Gasteiger partial charge >= 0.3 is 5.97 Å². The molecule has 62 valence electrons. The minimum atomic E-state index is -0.450. The molecule has 0 saturated heterocycles. The van der Waals surface area contributed by atoms with Gasteiger partial charge in [-0.15, -0.1) is 12.4 Å². The van der Waals surface area contributed by atoms with Crippen LogP contribution in [0.4, 0.5) is 0 Å². The number of aliphatic hydroxyl groups excluding tert-OH is 1. The second-order valence-corrected chi connectivity index (χ2v) is 1.75. The fourth-order valence-corrected chi connectivity index (χ4v) is 0.277. The Morgan fingerprint density at radius 3 is 2.60 bits per heavy atom. The van der Waals surface area contributed by atoms with Gasteiger partial charge in [0.1, 0.15) is 6.61 Å². The van der Waals surface area contributed by atoms with Crippen LogP contribution in [0.1, 0.15) is 6.92 Å². The van der Waals surface area contributed by atoms with Crippen LogP contribution in [0, 0.1) is 0 Å². The van der Waals surface area contributed by atoms with Gasteiger partial charge in [0.2, 0.25) is 0 Å². The number of carbonyl (C=O) groups excluding carboxylic acids is 1. The Labute approximate surface area is 65.8 Å². The summed E-state index contributed by atoms with van der Waals surface area (Å²) in [4.78, 5) is 10.1. The van der Waals surface area contributed by atoms with Gasteiger partial charge in [-0.2, -0.15) is 0 Å². The summed E-state index contributed by atoms with van der Waals surface area (Å²) in [5.74, 6) is -0.376. The first kappa shape index (κ1) is 12.4. The zero-order valence-electron chi connectivity index (χ0n) is 5.74. The third-order valence-corrected chi connectivity index (χ3v) is 0.735. The average molecular weight is 170 g/mol. The second kappa shape index (κ2) is 6.80. The van der Waals surface area contributed by atoms with Gasteiger partial charge in [-0.1, -0.05) is 0 Å². The molecule has 3 N–H and O–H groups in total. The van der Waals surface area contributed by atoms with E-state index in [1.807, 2.05) is 0 Å². The molecule has 10 heavy (non-hydrogen) atoms. The van der Waals surface area contributed by atoms with E-state index in [9.17, 15) is 4.79 Å². The van der Waals surface area contributed by atoms with E-state index in [1.165, 1.54) is 6.92 Å². The number of ether oxygens (including phenoxy) is 1. The molecule has 0 saturated carbocycles. The van der Waals surface area contributed by atoms with Gasteiger partial charge in [0.05, 0.1) is 12.6 Å². The molecular weight excluding hydrogens is 158 g/mol. The van der Waals surface area contributed by atoms with Crippen LogP contribution < -0.4 is 5.73 Å². The molecular formula is C5H12ClNO3. The van der Waals surface area contributed by atoms with Gasteiger partial charge in [0, 0.05) is 6.92 Å². The fraction of sp³-hybridized carbons (Fsp3) is 0.800. The van der Waals surface area contributed by atoms with E-state index in [0.717, 1.165) is 0 Å². The van der Waals surface area contributed by atoms with E-state index in [0.29, 0.717) is 0 Å². The van der Waals surface area contributed by atoms with Crippen molar-refractivity contribution in [2.24, 2.45) is 5.73 Å².